The van der Waals surface area contributed by atoms with Crippen molar-refractivity contribution in [2.24, 2.45) is 0 Å². The van der Waals surface area contributed by atoms with E-state index >= 15 is 0 Å². The highest BCUT2D eigenvalue weighted by molar-refractivity contribution is 7.89. The van der Waals surface area contributed by atoms with Crippen LogP contribution in [0.25, 0.3) is 0 Å². The normalized spacial score (nSPS) is 16.1. The molecule has 0 radical (unpaired) electrons. The average Bonchev–Trinajstić information content (AvgIpc) is 2.79. The summed E-state index contributed by atoms with van der Waals surface area (Å²) < 4.78 is 37.8. The topological polar surface area (TPSA) is 84.9 Å². The van der Waals surface area contributed by atoms with Crippen molar-refractivity contribution in [3.8, 4) is 5.75 Å². The number of methoxy groups -OCH3 is 1. The number of carbonyl (C=O) groups is 1. The Labute approximate surface area is 178 Å². The van der Waals surface area contributed by atoms with Crippen molar-refractivity contribution >= 4 is 15.9 Å². The minimum absolute atomic E-state index is 0.0651. The fourth-order valence-electron chi connectivity index (χ4n) is 3.36. The van der Waals surface area contributed by atoms with Crippen LogP contribution >= 0.6 is 0 Å². The van der Waals surface area contributed by atoms with Gasteiger partial charge in [-0.25, -0.2) is 8.42 Å². The van der Waals surface area contributed by atoms with Gasteiger partial charge in [-0.15, -0.1) is 0 Å². The summed E-state index contributed by atoms with van der Waals surface area (Å²) in [5.74, 6) is -0.0695. The first kappa shape index (κ1) is 22.3. The fourth-order valence-corrected chi connectivity index (χ4v) is 4.80. The Morgan fingerprint density at radius 2 is 1.83 bits per heavy atom. The van der Waals surface area contributed by atoms with Crippen LogP contribution in [0.2, 0.25) is 0 Å². The monoisotopic (exact) mass is 432 g/mol. The van der Waals surface area contributed by atoms with E-state index in [9.17, 15) is 13.2 Å². The van der Waals surface area contributed by atoms with Crippen LogP contribution in [0.5, 0.6) is 5.75 Å². The first-order valence-electron chi connectivity index (χ1n) is 10.0. The van der Waals surface area contributed by atoms with Crippen LogP contribution in [0.1, 0.15) is 41.4 Å². The molecule has 7 nitrogen and oxygen atoms in total. The second-order valence-electron chi connectivity index (χ2n) is 7.17. The number of morpholine rings is 1. The number of carbonyl (C=O) groups excluding carboxylic acids is 1. The largest absolute Gasteiger partial charge is 0.496 e. The van der Waals surface area contributed by atoms with Crippen LogP contribution in [-0.4, -0.2) is 52.0 Å². The molecule has 0 unspecified atom stereocenters. The summed E-state index contributed by atoms with van der Waals surface area (Å²) in [4.78, 5) is 13.0. The number of sulfonamides is 1. The van der Waals surface area contributed by atoms with Crippen LogP contribution in [0, 0.1) is 0 Å². The van der Waals surface area contributed by atoms with Gasteiger partial charge in [0.1, 0.15) is 5.75 Å². The maximum absolute atomic E-state index is 13.0. The molecular weight excluding hydrogens is 404 g/mol. The number of nitrogens with one attached hydrogen (secondary N) is 1. The molecule has 1 aliphatic rings. The second-order valence-corrected chi connectivity index (χ2v) is 9.11. The van der Waals surface area contributed by atoms with E-state index in [1.807, 2.05) is 31.2 Å². The molecule has 1 heterocycles. The summed E-state index contributed by atoms with van der Waals surface area (Å²) in [5.41, 5.74) is 2.38. The van der Waals surface area contributed by atoms with E-state index in [0.29, 0.717) is 32.1 Å². The number of amides is 1. The van der Waals surface area contributed by atoms with Gasteiger partial charge in [-0.05, 0) is 42.7 Å². The van der Waals surface area contributed by atoms with Gasteiger partial charge in [0.05, 0.1) is 36.8 Å². The Bertz CT molecular complexity index is 983. The Morgan fingerprint density at radius 1 is 1.17 bits per heavy atom. The van der Waals surface area contributed by atoms with Gasteiger partial charge in [0, 0.05) is 13.1 Å². The molecular formula is C22H28N2O5S. The minimum atomic E-state index is -3.71. The van der Waals surface area contributed by atoms with Gasteiger partial charge in [-0.1, -0.05) is 31.2 Å². The molecule has 2 aromatic rings. The number of hydrogen-bond donors (Lipinski definition) is 1. The smallest absolute Gasteiger partial charge is 0.255 e. The van der Waals surface area contributed by atoms with Crippen molar-refractivity contribution < 1.29 is 22.7 Å². The number of hydrogen-bond acceptors (Lipinski definition) is 5. The van der Waals surface area contributed by atoms with Gasteiger partial charge < -0.3 is 14.8 Å². The first-order chi connectivity index (χ1) is 14.4. The van der Waals surface area contributed by atoms with Gasteiger partial charge in [0.15, 0.2) is 0 Å². The third-order valence-electron chi connectivity index (χ3n) is 5.26. The van der Waals surface area contributed by atoms with Crippen molar-refractivity contribution in [2.75, 3.05) is 33.4 Å². The third kappa shape index (κ3) is 4.83. The molecule has 1 fully saturated rings. The first-order valence-corrected chi connectivity index (χ1v) is 11.5. The quantitative estimate of drug-likeness (QED) is 0.727. The molecule has 0 bridgehead atoms. The molecule has 1 atom stereocenters. The van der Waals surface area contributed by atoms with Crippen LogP contribution in [0.15, 0.2) is 47.4 Å². The molecule has 1 N–H and O–H groups in total. The molecule has 0 aromatic heterocycles. The molecule has 30 heavy (non-hydrogen) atoms. The summed E-state index contributed by atoms with van der Waals surface area (Å²) in [6.07, 6.45) is 0.947. The number of nitrogens with zero attached hydrogens (tertiary/aromatic N) is 1. The number of benzene rings is 2. The summed E-state index contributed by atoms with van der Waals surface area (Å²) in [6.45, 7) is 5.28. The molecule has 0 aliphatic carbocycles. The van der Waals surface area contributed by atoms with E-state index in [-0.39, 0.29) is 16.5 Å². The minimum Gasteiger partial charge on any atom is -0.496 e. The lowest BCUT2D eigenvalue weighted by molar-refractivity contribution is 0.0730. The van der Waals surface area contributed by atoms with Gasteiger partial charge in [0.25, 0.3) is 5.91 Å². The van der Waals surface area contributed by atoms with Gasteiger partial charge in [-0.3, -0.25) is 4.79 Å². The Balaban J connectivity index is 1.84. The van der Waals surface area contributed by atoms with Crippen molar-refractivity contribution in [1.29, 1.82) is 0 Å². The van der Waals surface area contributed by atoms with Crippen LogP contribution in [-0.2, 0) is 21.2 Å². The zero-order chi connectivity index (χ0) is 21.7. The highest BCUT2D eigenvalue weighted by atomic mass is 32.2. The Kier molecular flexibility index (Phi) is 7.12. The average molecular weight is 433 g/mol. The van der Waals surface area contributed by atoms with Crippen molar-refractivity contribution in [3.63, 3.8) is 0 Å². The molecule has 2 aromatic carbocycles. The highest BCUT2D eigenvalue weighted by Crippen LogP contribution is 2.26. The van der Waals surface area contributed by atoms with E-state index in [1.165, 1.54) is 35.2 Å². The standard InChI is InChI=1S/C22H28N2O5S/c1-4-17-5-7-18(8-6-17)16(2)23-22(25)20-15-19(9-10-21(20)28-3)30(26,27)24-11-13-29-14-12-24/h5-10,15-16H,4,11-14H2,1-3H3,(H,23,25)/t16-/m1/s1. The van der Waals surface area contributed by atoms with Crippen molar-refractivity contribution in [3.05, 3.63) is 59.2 Å². The van der Waals surface area contributed by atoms with Crippen LogP contribution in [0.4, 0.5) is 0 Å². The maximum atomic E-state index is 13.0. The molecule has 162 valence electrons. The molecule has 1 saturated heterocycles. The number of aryl methyl sites for hydroxylation is 1. The Hall–Kier alpha value is -2.42. The fraction of sp³-hybridized carbons (Fsp3) is 0.409. The predicted molar refractivity (Wildman–Crippen MR) is 114 cm³/mol. The molecule has 1 amide bonds. The number of ether oxygens (including phenoxy) is 2. The summed E-state index contributed by atoms with van der Waals surface area (Å²) >= 11 is 0. The molecule has 8 heteroatoms. The van der Waals surface area contributed by atoms with E-state index in [4.69, 9.17) is 9.47 Å². The predicted octanol–water partition coefficient (Wildman–Crippen LogP) is 2.77. The molecule has 3 rings (SSSR count). The molecule has 1 aliphatic heterocycles. The molecule has 0 saturated carbocycles. The van der Waals surface area contributed by atoms with E-state index in [2.05, 4.69) is 12.2 Å². The van der Waals surface area contributed by atoms with Crippen LogP contribution < -0.4 is 10.1 Å². The summed E-state index contributed by atoms with van der Waals surface area (Å²) in [6, 6.07) is 12.2. The van der Waals surface area contributed by atoms with E-state index in [1.54, 1.807) is 0 Å². The zero-order valence-electron chi connectivity index (χ0n) is 17.6. The van der Waals surface area contributed by atoms with Gasteiger partial charge >= 0.3 is 0 Å². The lowest BCUT2D eigenvalue weighted by Gasteiger charge is -2.26. The van der Waals surface area contributed by atoms with Gasteiger partial charge in [0.2, 0.25) is 10.0 Å². The zero-order valence-corrected chi connectivity index (χ0v) is 18.4. The van der Waals surface area contributed by atoms with Crippen LogP contribution in [0.3, 0.4) is 0 Å². The van der Waals surface area contributed by atoms with Gasteiger partial charge in [-0.2, -0.15) is 4.31 Å². The van der Waals surface area contributed by atoms with Crippen molar-refractivity contribution in [2.45, 2.75) is 31.2 Å². The van der Waals surface area contributed by atoms with Crippen molar-refractivity contribution in [1.82, 2.24) is 9.62 Å². The lowest BCUT2D eigenvalue weighted by atomic mass is 10.0. The number of rotatable bonds is 7. The maximum Gasteiger partial charge on any atom is 0.255 e. The van der Waals surface area contributed by atoms with E-state index in [0.717, 1.165) is 12.0 Å². The summed E-state index contributed by atoms with van der Waals surface area (Å²) in [5, 5.41) is 2.94. The van der Waals surface area contributed by atoms with E-state index < -0.39 is 15.9 Å². The highest BCUT2D eigenvalue weighted by Gasteiger charge is 2.28. The molecule has 0 spiro atoms. The summed E-state index contributed by atoms with van der Waals surface area (Å²) in [7, 11) is -2.26. The Morgan fingerprint density at radius 3 is 2.43 bits per heavy atom. The SMILES string of the molecule is CCc1ccc([C@@H](C)NC(=O)c2cc(S(=O)(=O)N3CCOCC3)ccc2OC)cc1. The third-order valence-corrected chi connectivity index (χ3v) is 7.15. The lowest BCUT2D eigenvalue weighted by Crippen LogP contribution is -2.40. The second kappa shape index (κ2) is 9.59.